The van der Waals surface area contributed by atoms with E-state index in [-0.39, 0.29) is 71.0 Å². The number of imidazole rings is 2. The lowest BCUT2D eigenvalue weighted by atomic mass is 9.85. The summed E-state index contributed by atoms with van der Waals surface area (Å²) in [6.07, 6.45) is 10.2. The molecule has 2 N–H and O–H groups in total. The van der Waals surface area contributed by atoms with Gasteiger partial charge in [0, 0.05) is 11.1 Å². The average Bonchev–Trinajstić information content (AvgIpc) is 3.95. The normalized spacial score (nSPS) is 31.1. The van der Waals surface area contributed by atoms with Crippen LogP contribution in [0.25, 0.3) is 44.8 Å². The summed E-state index contributed by atoms with van der Waals surface area (Å²) < 4.78 is 0. The van der Waals surface area contributed by atoms with Crippen molar-refractivity contribution in [2.75, 3.05) is 9.80 Å². The van der Waals surface area contributed by atoms with E-state index in [0.717, 1.165) is 46.0 Å². The minimum absolute atomic E-state index is 0.0945. The molecule has 48 heavy (non-hydrogen) atoms. The third-order valence-electron chi connectivity index (χ3n) is 11.8. The van der Waals surface area contributed by atoms with Gasteiger partial charge in [-0.05, 0) is 72.9 Å². The second kappa shape index (κ2) is 9.03. The molecule has 2 aromatic heterocycles. The van der Waals surface area contributed by atoms with Crippen molar-refractivity contribution in [2.24, 2.45) is 47.3 Å². The van der Waals surface area contributed by atoms with Gasteiger partial charge in [0.05, 0.1) is 57.1 Å². The first kappa shape index (κ1) is 26.4. The number of nitrogens with one attached hydrogen (secondary N) is 2. The number of fused-ring (bicyclic) bond motifs is 12. The zero-order valence-electron chi connectivity index (χ0n) is 25.5. The lowest BCUT2D eigenvalue weighted by Crippen LogP contribution is -2.32. The number of rotatable bonds is 4. The standard InChI is InChI=1S/C38H28N6O4/c45-35-29-19-5-6-20(13-19)30(29)36(46)43(35)23-9-11-25-27(15-23)41-33(39-25)17-1-2-18(4-3-17)34-40-26-12-10-24(16-28(26)42-34)44-37(47)31-21-7-8-22(14-21)32(31)38(44)48/h1-12,15-16,19-22,29-32H,13-14H2,(H,39,41)(H,40,42)/t19-,20-,21-,22-,29+,30+,31+,32+/m0/s1. The summed E-state index contributed by atoms with van der Waals surface area (Å²) in [6.45, 7) is 0. The molecule has 10 nitrogen and oxygen atoms in total. The number of carbonyl (C=O) groups is 4. The first-order valence-electron chi connectivity index (χ1n) is 16.6. The first-order valence-corrected chi connectivity index (χ1v) is 16.6. The number of aromatic amines is 2. The van der Waals surface area contributed by atoms with Gasteiger partial charge in [0.1, 0.15) is 11.6 Å². The minimum Gasteiger partial charge on any atom is -0.338 e. The summed E-state index contributed by atoms with van der Waals surface area (Å²) in [5.74, 6) is 0.702. The Bertz CT molecular complexity index is 2140. The Labute approximate surface area is 273 Å². The van der Waals surface area contributed by atoms with E-state index in [0.29, 0.717) is 23.0 Å². The Hall–Kier alpha value is -5.64. The van der Waals surface area contributed by atoms with E-state index in [2.05, 4.69) is 34.3 Å². The van der Waals surface area contributed by atoms with Gasteiger partial charge >= 0.3 is 0 Å². The van der Waals surface area contributed by atoms with Crippen molar-refractivity contribution < 1.29 is 19.2 Å². The number of hydrogen-bond donors (Lipinski definition) is 2. The van der Waals surface area contributed by atoms with Crippen LogP contribution >= 0.6 is 0 Å². The Morgan fingerprint density at radius 1 is 0.500 bits per heavy atom. The number of H-pyrrole nitrogens is 2. The quantitative estimate of drug-likeness (QED) is 0.202. The van der Waals surface area contributed by atoms with Crippen LogP contribution in [0.4, 0.5) is 11.4 Å². The van der Waals surface area contributed by atoms with Crippen LogP contribution in [0.2, 0.25) is 0 Å². The Kier molecular flexibility index (Phi) is 4.97. The van der Waals surface area contributed by atoms with Crippen LogP contribution in [0.15, 0.2) is 85.0 Å². The largest absolute Gasteiger partial charge is 0.338 e. The lowest BCUT2D eigenvalue weighted by Gasteiger charge is -2.17. The zero-order chi connectivity index (χ0) is 32.0. The van der Waals surface area contributed by atoms with E-state index < -0.39 is 0 Å². The van der Waals surface area contributed by atoms with E-state index in [1.165, 1.54) is 9.80 Å². The molecule has 0 unspecified atom stereocenters. The number of anilines is 2. The van der Waals surface area contributed by atoms with Crippen molar-refractivity contribution in [3.05, 3.63) is 85.0 Å². The van der Waals surface area contributed by atoms with Crippen molar-refractivity contribution >= 4 is 57.1 Å². The fraction of sp³-hybridized carbons (Fsp3) is 0.263. The zero-order valence-corrected chi connectivity index (χ0v) is 25.5. The van der Waals surface area contributed by atoms with Crippen molar-refractivity contribution in [3.8, 4) is 22.8 Å². The molecule has 4 aliphatic carbocycles. The fourth-order valence-corrected chi connectivity index (χ4v) is 9.65. The van der Waals surface area contributed by atoms with Gasteiger partial charge in [-0.25, -0.2) is 19.8 Å². The van der Waals surface area contributed by atoms with Gasteiger partial charge in [-0.2, -0.15) is 0 Å². The van der Waals surface area contributed by atoms with Crippen LogP contribution in [0.5, 0.6) is 0 Å². The molecule has 4 bridgehead atoms. The van der Waals surface area contributed by atoms with Crippen LogP contribution in [-0.4, -0.2) is 43.6 Å². The summed E-state index contributed by atoms with van der Waals surface area (Å²) in [7, 11) is 0. The summed E-state index contributed by atoms with van der Waals surface area (Å²) >= 11 is 0. The van der Waals surface area contributed by atoms with Gasteiger partial charge in [0.25, 0.3) is 0 Å². The number of benzene rings is 3. The second-order valence-corrected chi connectivity index (χ2v) is 14.2. The average molecular weight is 633 g/mol. The predicted octanol–water partition coefficient (Wildman–Crippen LogP) is 5.40. The van der Waals surface area contributed by atoms with Crippen LogP contribution in [-0.2, 0) is 19.2 Å². The molecule has 11 rings (SSSR count). The molecule has 2 saturated heterocycles. The number of carbonyl (C=O) groups excluding carboxylic acids is 4. The number of aromatic nitrogens is 4. The lowest BCUT2D eigenvalue weighted by molar-refractivity contribution is -0.124. The molecule has 234 valence electrons. The van der Waals surface area contributed by atoms with Gasteiger partial charge in [-0.3, -0.25) is 19.2 Å². The molecule has 10 heteroatoms. The fourth-order valence-electron chi connectivity index (χ4n) is 9.65. The number of hydrogen-bond acceptors (Lipinski definition) is 6. The van der Waals surface area contributed by atoms with Gasteiger partial charge in [0.15, 0.2) is 0 Å². The highest BCUT2D eigenvalue weighted by Crippen LogP contribution is 2.54. The summed E-state index contributed by atoms with van der Waals surface area (Å²) in [4.78, 5) is 72.3. The molecule has 3 aromatic carbocycles. The topological polar surface area (TPSA) is 132 Å². The van der Waals surface area contributed by atoms with Gasteiger partial charge in [0.2, 0.25) is 23.6 Å². The van der Waals surface area contributed by atoms with E-state index in [1.807, 2.05) is 48.5 Å². The molecule has 6 aliphatic rings. The summed E-state index contributed by atoms with van der Waals surface area (Å²) in [5, 5.41) is 0. The smallest absolute Gasteiger partial charge is 0.238 e. The molecule has 4 heterocycles. The summed E-state index contributed by atoms with van der Waals surface area (Å²) in [6, 6.07) is 18.8. The van der Waals surface area contributed by atoms with E-state index >= 15 is 0 Å². The highest BCUT2D eigenvalue weighted by atomic mass is 16.2. The monoisotopic (exact) mass is 632 g/mol. The maximum Gasteiger partial charge on any atom is 0.238 e. The van der Waals surface area contributed by atoms with Crippen molar-refractivity contribution in [3.63, 3.8) is 0 Å². The Morgan fingerprint density at radius 2 is 0.854 bits per heavy atom. The highest BCUT2D eigenvalue weighted by Gasteiger charge is 2.60. The third kappa shape index (κ3) is 3.36. The molecule has 2 aliphatic heterocycles. The molecular weight excluding hydrogens is 604 g/mol. The van der Waals surface area contributed by atoms with Gasteiger partial charge < -0.3 is 9.97 Å². The van der Waals surface area contributed by atoms with Crippen LogP contribution in [0.1, 0.15) is 12.8 Å². The van der Waals surface area contributed by atoms with Crippen molar-refractivity contribution in [1.82, 2.24) is 19.9 Å². The second-order valence-electron chi connectivity index (χ2n) is 14.2. The maximum atomic E-state index is 13.3. The molecule has 4 amide bonds. The first-order chi connectivity index (χ1) is 23.4. The van der Waals surface area contributed by atoms with Crippen LogP contribution in [0.3, 0.4) is 0 Å². The molecule has 0 radical (unpaired) electrons. The molecule has 0 spiro atoms. The minimum atomic E-state index is -0.237. The van der Waals surface area contributed by atoms with Crippen molar-refractivity contribution in [1.29, 1.82) is 0 Å². The number of amides is 4. The van der Waals surface area contributed by atoms with Crippen LogP contribution in [0, 0.1) is 47.3 Å². The van der Waals surface area contributed by atoms with E-state index in [4.69, 9.17) is 9.97 Å². The molecule has 5 aromatic rings. The number of imide groups is 2. The van der Waals surface area contributed by atoms with Crippen LogP contribution < -0.4 is 9.80 Å². The van der Waals surface area contributed by atoms with E-state index in [9.17, 15) is 19.2 Å². The van der Waals surface area contributed by atoms with Crippen molar-refractivity contribution in [2.45, 2.75) is 12.8 Å². The summed E-state index contributed by atoms with van der Waals surface area (Å²) in [5.41, 5.74) is 5.90. The third-order valence-corrected chi connectivity index (χ3v) is 11.8. The number of allylic oxidation sites excluding steroid dienone is 4. The predicted molar refractivity (Wildman–Crippen MR) is 177 cm³/mol. The van der Waals surface area contributed by atoms with Gasteiger partial charge in [-0.15, -0.1) is 0 Å². The molecule has 4 fully saturated rings. The Morgan fingerprint density at radius 3 is 1.21 bits per heavy atom. The molecule has 2 saturated carbocycles. The highest BCUT2D eigenvalue weighted by molar-refractivity contribution is 6.24. The molecule has 8 atom stereocenters. The maximum absolute atomic E-state index is 13.3. The number of nitrogens with zero attached hydrogens (tertiary/aromatic N) is 4. The van der Waals surface area contributed by atoms with E-state index in [1.54, 1.807) is 12.1 Å². The van der Waals surface area contributed by atoms with Gasteiger partial charge in [-0.1, -0.05) is 48.6 Å². The SMILES string of the molecule is O=C1[C@H]2[C@H](C(=O)N1c1ccc3nc(-c4ccc(-c5nc6ccc(N7C(=O)[C@H]8[C@H](C7=O)[C@H]7C=C[C@H]8C7)cc6[nH]5)cc4)[nH]c3c1)[C@H]1C=C[C@H]2C1. The Balaban J connectivity index is 0.852. The molecular formula is C38H28N6O4.